The predicted molar refractivity (Wildman–Crippen MR) is 45.5 cm³/mol. The number of aromatic nitrogens is 1. The van der Waals surface area contributed by atoms with Gasteiger partial charge >= 0.3 is 12.5 Å². The molecule has 0 atom stereocenters. The first kappa shape index (κ1) is 11.2. The van der Waals surface area contributed by atoms with Crippen LogP contribution in [0.4, 0.5) is 8.78 Å². The maximum absolute atomic E-state index is 12.2. The molecule has 0 saturated heterocycles. The van der Waals surface area contributed by atoms with E-state index >= 15 is 0 Å². The number of hydrogen-bond acceptors (Lipinski definition) is 3. The second kappa shape index (κ2) is 4.07. The summed E-state index contributed by atoms with van der Waals surface area (Å²) in [6.07, 6.45) is 0.707. The highest BCUT2D eigenvalue weighted by atomic mass is 19.3. The number of carboxylic acid groups (broad SMARTS) is 1. The minimum Gasteiger partial charge on any atom is -0.490 e. The summed E-state index contributed by atoms with van der Waals surface area (Å²) < 4.78 is 29.0. The molecule has 0 radical (unpaired) electrons. The molecule has 0 aliphatic carbocycles. The topological polar surface area (TPSA) is 68.5 Å². The lowest BCUT2D eigenvalue weighted by Gasteiger charge is -2.08. The van der Waals surface area contributed by atoms with Crippen LogP contribution >= 0.6 is 0 Å². The molecule has 1 aromatic rings. The van der Waals surface area contributed by atoms with E-state index < -0.39 is 29.4 Å². The summed E-state index contributed by atoms with van der Waals surface area (Å²) in [6, 6.07) is 0.884. The second-order valence-corrected chi connectivity index (χ2v) is 2.56. The minimum atomic E-state index is -3.03. The number of rotatable bonds is 3. The number of nitrogens with zero attached hydrogens (tertiary/aromatic N) is 1. The van der Waals surface area contributed by atoms with Crippen molar-refractivity contribution in [3.8, 4) is 5.75 Å². The van der Waals surface area contributed by atoms with Crippen LogP contribution in [-0.4, -0.2) is 22.8 Å². The summed E-state index contributed by atoms with van der Waals surface area (Å²) in [5.74, 6) is -2.02. The van der Waals surface area contributed by atoms with E-state index in [4.69, 9.17) is 5.11 Å². The molecular formula is C8H7F2NO4. The lowest BCUT2D eigenvalue weighted by Crippen LogP contribution is -2.23. The molecule has 1 heterocycles. The third-order valence-corrected chi connectivity index (χ3v) is 1.72. The fourth-order valence-corrected chi connectivity index (χ4v) is 1.05. The molecule has 0 fully saturated rings. The Balaban J connectivity index is 3.46. The fourth-order valence-electron chi connectivity index (χ4n) is 1.05. The average Bonchev–Trinajstić information content (AvgIpc) is 2.16. The highest BCUT2D eigenvalue weighted by molar-refractivity contribution is 5.90. The third kappa shape index (κ3) is 1.95. The van der Waals surface area contributed by atoms with Gasteiger partial charge in [0.25, 0.3) is 5.56 Å². The summed E-state index contributed by atoms with van der Waals surface area (Å²) in [5, 5.41) is 8.64. The van der Waals surface area contributed by atoms with Gasteiger partial charge in [-0.15, -0.1) is 0 Å². The number of carbonyl (C=O) groups is 1. The van der Waals surface area contributed by atoms with Gasteiger partial charge in [0.15, 0.2) is 5.75 Å². The molecule has 0 unspecified atom stereocenters. The van der Waals surface area contributed by atoms with Gasteiger partial charge in [-0.3, -0.25) is 9.36 Å². The smallest absolute Gasteiger partial charge is 0.339 e. The molecule has 0 aliphatic heterocycles. The van der Waals surface area contributed by atoms with Crippen LogP contribution in [0.5, 0.6) is 5.75 Å². The Bertz CT molecular complexity index is 441. The molecule has 15 heavy (non-hydrogen) atoms. The third-order valence-electron chi connectivity index (χ3n) is 1.72. The Labute approximate surface area is 82.5 Å². The zero-order valence-electron chi connectivity index (χ0n) is 7.61. The maximum Gasteiger partial charge on any atom is 0.339 e. The lowest BCUT2D eigenvalue weighted by atomic mass is 10.2. The molecule has 7 heteroatoms. The predicted octanol–water partition coefficient (Wildman–Crippen LogP) is 0.950. The van der Waals surface area contributed by atoms with E-state index in [9.17, 15) is 18.4 Å². The van der Waals surface area contributed by atoms with Gasteiger partial charge in [-0.05, 0) is 6.07 Å². The van der Waals surface area contributed by atoms with Crippen molar-refractivity contribution in [2.24, 2.45) is 0 Å². The van der Waals surface area contributed by atoms with Gasteiger partial charge in [0.2, 0.25) is 0 Å². The molecule has 0 aliphatic rings. The van der Waals surface area contributed by atoms with Crippen LogP contribution in [0.3, 0.4) is 0 Å². The molecule has 5 nitrogen and oxygen atoms in total. The van der Waals surface area contributed by atoms with Gasteiger partial charge < -0.3 is 9.84 Å². The first-order valence-corrected chi connectivity index (χ1v) is 3.79. The van der Waals surface area contributed by atoms with Crippen molar-refractivity contribution >= 4 is 5.97 Å². The van der Waals surface area contributed by atoms with Gasteiger partial charge in [-0.1, -0.05) is 0 Å². The fraction of sp³-hybridized carbons (Fsp3) is 0.250. The van der Waals surface area contributed by atoms with Crippen molar-refractivity contribution in [3.05, 3.63) is 28.2 Å². The highest BCUT2D eigenvalue weighted by Crippen LogP contribution is 2.15. The minimum absolute atomic E-state index is 0.0886. The van der Waals surface area contributed by atoms with Crippen molar-refractivity contribution < 1.29 is 23.4 Å². The molecule has 1 aromatic heterocycles. The van der Waals surface area contributed by atoms with Crippen molar-refractivity contribution in [1.82, 2.24) is 4.57 Å². The molecule has 0 bridgehead atoms. The highest BCUT2D eigenvalue weighted by Gasteiger charge is 2.19. The molecular weight excluding hydrogens is 212 g/mol. The molecule has 0 amide bonds. The summed E-state index contributed by atoms with van der Waals surface area (Å²) in [5.41, 5.74) is -1.62. The standard InChI is InChI=1S/C8H7F2NO4/c1-15-5-4(7(13)14)2-3-11(6(5)12)8(9)10/h2-3,8H,1H3,(H,13,14). The first-order chi connectivity index (χ1) is 6.99. The Morgan fingerprint density at radius 2 is 2.20 bits per heavy atom. The number of alkyl halides is 2. The van der Waals surface area contributed by atoms with Gasteiger partial charge in [0.05, 0.1) is 7.11 Å². The molecule has 1 N–H and O–H groups in total. The Morgan fingerprint density at radius 3 is 2.60 bits per heavy atom. The van der Waals surface area contributed by atoms with Crippen molar-refractivity contribution in [2.45, 2.75) is 6.55 Å². The molecule has 0 aromatic carbocycles. The van der Waals surface area contributed by atoms with Crippen LogP contribution in [0.1, 0.15) is 16.9 Å². The number of carboxylic acids is 1. The SMILES string of the molecule is COc1c(C(=O)O)ccn(C(F)F)c1=O. The number of pyridine rings is 1. The largest absolute Gasteiger partial charge is 0.490 e. The van der Waals surface area contributed by atoms with E-state index in [2.05, 4.69) is 4.74 Å². The lowest BCUT2D eigenvalue weighted by molar-refractivity contribution is 0.0630. The van der Waals surface area contributed by atoms with Crippen LogP contribution in [-0.2, 0) is 0 Å². The number of halogens is 2. The quantitative estimate of drug-likeness (QED) is 0.821. The number of ether oxygens (including phenoxy) is 1. The number of methoxy groups -OCH3 is 1. The average molecular weight is 219 g/mol. The monoisotopic (exact) mass is 219 g/mol. The van der Waals surface area contributed by atoms with E-state index in [-0.39, 0.29) is 4.57 Å². The van der Waals surface area contributed by atoms with Crippen LogP contribution in [0.2, 0.25) is 0 Å². The van der Waals surface area contributed by atoms with Gasteiger partial charge in [-0.25, -0.2) is 4.79 Å². The van der Waals surface area contributed by atoms with E-state index in [1.54, 1.807) is 0 Å². The zero-order valence-corrected chi connectivity index (χ0v) is 7.61. The normalized spacial score (nSPS) is 10.4. The Kier molecular flexibility index (Phi) is 3.03. The molecule has 0 spiro atoms. The van der Waals surface area contributed by atoms with Gasteiger partial charge in [-0.2, -0.15) is 8.78 Å². The van der Waals surface area contributed by atoms with Crippen LogP contribution < -0.4 is 10.3 Å². The number of aromatic carboxylic acids is 1. The van der Waals surface area contributed by atoms with E-state index in [1.807, 2.05) is 0 Å². The van der Waals surface area contributed by atoms with Crippen molar-refractivity contribution in [2.75, 3.05) is 7.11 Å². The molecule has 82 valence electrons. The summed E-state index contributed by atoms with van der Waals surface area (Å²) in [6.45, 7) is -3.03. The second-order valence-electron chi connectivity index (χ2n) is 2.56. The van der Waals surface area contributed by atoms with E-state index in [1.165, 1.54) is 0 Å². The van der Waals surface area contributed by atoms with Crippen molar-refractivity contribution in [1.29, 1.82) is 0 Å². The summed E-state index contributed by atoms with van der Waals surface area (Å²) >= 11 is 0. The van der Waals surface area contributed by atoms with Gasteiger partial charge in [0, 0.05) is 6.20 Å². The van der Waals surface area contributed by atoms with E-state index in [0.29, 0.717) is 6.20 Å². The Hall–Kier alpha value is -1.92. The zero-order chi connectivity index (χ0) is 11.6. The molecule has 0 saturated carbocycles. The van der Waals surface area contributed by atoms with E-state index in [0.717, 1.165) is 13.2 Å². The van der Waals surface area contributed by atoms with Crippen molar-refractivity contribution in [3.63, 3.8) is 0 Å². The summed E-state index contributed by atoms with van der Waals surface area (Å²) in [7, 11) is 1.04. The molecule has 1 rings (SSSR count). The first-order valence-electron chi connectivity index (χ1n) is 3.79. The summed E-state index contributed by atoms with van der Waals surface area (Å²) in [4.78, 5) is 21.9. The van der Waals surface area contributed by atoms with Crippen LogP contribution in [0, 0.1) is 0 Å². The van der Waals surface area contributed by atoms with Crippen LogP contribution in [0.15, 0.2) is 17.1 Å². The van der Waals surface area contributed by atoms with Gasteiger partial charge in [0.1, 0.15) is 5.56 Å². The number of hydrogen-bond donors (Lipinski definition) is 1. The van der Waals surface area contributed by atoms with Crippen LogP contribution in [0.25, 0.3) is 0 Å². The maximum atomic E-state index is 12.2. The Morgan fingerprint density at radius 1 is 1.60 bits per heavy atom.